The van der Waals surface area contributed by atoms with Crippen molar-refractivity contribution in [3.05, 3.63) is 11.4 Å². The molecule has 0 radical (unpaired) electrons. The number of piperidine rings is 1. The zero-order valence-corrected chi connectivity index (χ0v) is 9.45. The summed E-state index contributed by atoms with van der Waals surface area (Å²) in [6.07, 6.45) is 1.01. The van der Waals surface area contributed by atoms with Crippen molar-refractivity contribution < 1.29 is 0 Å². The fraction of sp³-hybridized carbons (Fsp3) is 0.909. The van der Waals surface area contributed by atoms with E-state index in [0.29, 0.717) is 12.5 Å². The Balaban J connectivity index is 2.59. The topological polar surface area (TPSA) is 33.6 Å². The molecule has 0 aromatic carbocycles. The maximum Gasteiger partial charge on any atom is 0.218 e. The van der Waals surface area contributed by atoms with E-state index in [1.807, 2.05) is 0 Å². The van der Waals surface area contributed by atoms with Gasteiger partial charge in [-0.2, -0.15) is 0 Å². The van der Waals surface area contributed by atoms with Crippen LogP contribution in [0.4, 0.5) is 0 Å². The first-order valence-electron chi connectivity index (χ1n) is 5.27. The van der Waals surface area contributed by atoms with Crippen molar-refractivity contribution in [3.8, 4) is 0 Å². The Bertz CT molecular complexity index is 224. The van der Waals surface area contributed by atoms with Gasteiger partial charge >= 0.3 is 0 Å². The molecule has 1 heterocycles. The van der Waals surface area contributed by atoms with Gasteiger partial charge in [0.15, 0.2) is 0 Å². The molecule has 14 heavy (non-hydrogen) atoms. The average molecular weight is 195 g/mol. The van der Waals surface area contributed by atoms with Crippen LogP contribution in [-0.4, -0.2) is 36.1 Å². The summed E-state index contributed by atoms with van der Waals surface area (Å²) in [4.78, 5) is 5.88. The summed E-state index contributed by atoms with van der Waals surface area (Å²) in [7, 11) is 0. The summed E-state index contributed by atoms with van der Waals surface area (Å²) < 4.78 is 0. The summed E-state index contributed by atoms with van der Waals surface area (Å²) in [5.41, 5.74) is 6.18. The van der Waals surface area contributed by atoms with Gasteiger partial charge in [0.25, 0.3) is 0 Å². The van der Waals surface area contributed by atoms with E-state index in [1.165, 1.54) is 0 Å². The summed E-state index contributed by atoms with van der Waals surface area (Å²) in [5.74, 6) is 0.468. The maximum atomic E-state index is 6.89. The SMILES string of the molecule is [C-]#[N+]C[C@@H]1C[C@@H](N)CN(C(C)(C)C)C1. The lowest BCUT2D eigenvalue weighted by molar-refractivity contribution is 0.0724. The second-order valence-corrected chi connectivity index (χ2v) is 5.28. The van der Waals surface area contributed by atoms with E-state index in [1.54, 1.807) is 0 Å². The Labute approximate surface area is 87.1 Å². The molecule has 0 spiro atoms. The summed E-state index contributed by atoms with van der Waals surface area (Å²) in [5, 5.41) is 0. The van der Waals surface area contributed by atoms with Crippen LogP contribution in [0, 0.1) is 12.5 Å². The first-order chi connectivity index (χ1) is 6.43. The van der Waals surface area contributed by atoms with Crippen molar-refractivity contribution >= 4 is 0 Å². The molecule has 1 aliphatic rings. The Hall–Kier alpha value is -0.590. The van der Waals surface area contributed by atoms with Gasteiger partial charge in [-0.1, -0.05) is 0 Å². The van der Waals surface area contributed by atoms with E-state index < -0.39 is 0 Å². The quantitative estimate of drug-likeness (QED) is 0.641. The molecule has 80 valence electrons. The largest absolute Gasteiger partial charge is 0.327 e. The number of nitrogens with two attached hydrogens (primary N) is 1. The molecule has 2 N–H and O–H groups in total. The second-order valence-electron chi connectivity index (χ2n) is 5.28. The molecular formula is C11H21N3. The fourth-order valence-corrected chi connectivity index (χ4v) is 2.06. The fourth-order valence-electron chi connectivity index (χ4n) is 2.06. The van der Waals surface area contributed by atoms with Gasteiger partial charge < -0.3 is 10.6 Å². The highest BCUT2D eigenvalue weighted by Gasteiger charge is 2.32. The molecule has 0 aromatic heterocycles. The van der Waals surface area contributed by atoms with Gasteiger partial charge in [-0.25, -0.2) is 6.57 Å². The van der Waals surface area contributed by atoms with Crippen LogP contribution in [-0.2, 0) is 0 Å². The summed E-state index contributed by atoms with van der Waals surface area (Å²) >= 11 is 0. The van der Waals surface area contributed by atoms with E-state index in [0.717, 1.165) is 19.5 Å². The highest BCUT2D eigenvalue weighted by molar-refractivity contribution is 4.89. The normalized spacial score (nSPS) is 29.9. The molecular weight excluding hydrogens is 174 g/mol. The van der Waals surface area contributed by atoms with Gasteiger partial charge in [-0.3, -0.25) is 4.90 Å². The molecule has 3 heteroatoms. The van der Waals surface area contributed by atoms with Crippen molar-refractivity contribution in [1.82, 2.24) is 4.90 Å². The Morgan fingerprint density at radius 2 is 2.07 bits per heavy atom. The molecule has 1 rings (SSSR count). The predicted octanol–water partition coefficient (Wildman–Crippen LogP) is 1.35. The van der Waals surface area contributed by atoms with Crippen LogP contribution in [0.1, 0.15) is 27.2 Å². The Morgan fingerprint density at radius 3 is 2.57 bits per heavy atom. The van der Waals surface area contributed by atoms with Crippen LogP contribution >= 0.6 is 0 Å². The third kappa shape index (κ3) is 2.97. The average Bonchev–Trinajstić information content (AvgIpc) is 2.02. The third-order valence-corrected chi connectivity index (χ3v) is 2.87. The molecule has 1 saturated heterocycles. The van der Waals surface area contributed by atoms with Gasteiger partial charge in [0, 0.05) is 30.6 Å². The molecule has 3 nitrogen and oxygen atoms in total. The van der Waals surface area contributed by atoms with E-state index in [9.17, 15) is 0 Å². The molecule has 0 unspecified atom stereocenters. The van der Waals surface area contributed by atoms with E-state index in [-0.39, 0.29) is 11.6 Å². The second kappa shape index (κ2) is 4.29. The van der Waals surface area contributed by atoms with E-state index >= 15 is 0 Å². The minimum absolute atomic E-state index is 0.179. The van der Waals surface area contributed by atoms with Crippen molar-refractivity contribution in [1.29, 1.82) is 0 Å². The number of likely N-dealkylation sites (tertiary alicyclic amines) is 1. The monoisotopic (exact) mass is 195 g/mol. The van der Waals surface area contributed by atoms with Gasteiger partial charge in [-0.15, -0.1) is 0 Å². The highest BCUT2D eigenvalue weighted by Crippen LogP contribution is 2.23. The molecule has 2 atom stereocenters. The number of nitrogens with zero attached hydrogens (tertiary/aromatic N) is 2. The Kier molecular flexibility index (Phi) is 3.52. The molecule has 0 bridgehead atoms. The molecule has 1 fully saturated rings. The van der Waals surface area contributed by atoms with Crippen LogP contribution in [0.25, 0.3) is 4.85 Å². The van der Waals surface area contributed by atoms with Crippen LogP contribution in [0.15, 0.2) is 0 Å². The Morgan fingerprint density at radius 1 is 1.43 bits per heavy atom. The molecule has 0 aliphatic carbocycles. The number of hydrogen-bond donors (Lipinski definition) is 1. The van der Waals surface area contributed by atoms with Crippen molar-refractivity contribution in [2.24, 2.45) is 11.7 Å². The highest BCUT2D eigenvalue weighted by atomic mass is 15.2. The zero-order valence-electron chi connectivity index (χ0n) is 9.45. The number of rotatable bonds is 1. The minimum Gasteiger partial charge on any atom is -0.327 e. The van der Waals surface area contributed by atoms with Crippen LogP contribution in [0.2, 0.25) is 0 Å². The van der Waals surface area contributed by atoms with Crippen molar-refractivity contribution in [3.63, 3.8) is 0 Å². The van der Waals surface area contributed by atoms with Crippen molar-refractivity contribution in [2.75, 3.05) is 19.6 Å². The summed E-state index contributed by atoms with van der Waals surface area (Å²) in [6, 6.07) is 0.245. The van der Waals surface area contributed by atoms with Crippen LogP contribution in [0.3, 0.4) is 0 Å². The van der Waals surface area contributed by atoms with Gasteiger partial charge in [-0.05, 0) is 27.2 Å². The smallest absolute Gasteiger partial charge is 0.218 e. The lowest BCUT2D eigenvalue weighted by Gasteiger charge is -2.42. The lowest BCUT2D eigenvalue weighted by Crippen LogP contribution is -2.54. The number of hydrogen-bond acceptors (Lipinski definition) is 2. The van der Waals surface area contributed by atoms with E-state index in [2.05, 4.69) is 30.5 Å². The first-order valence-corrected chi connectivity index (χ1v) is 5.27. The minimum atomic E-state index is 0.179. The van der Waals surface area contributed by atoms with Crippen LogP contribution < -0.4 is 5.73 Å². The zero-order chi connectivity index (χ0) is 10.8. The standard InChI is InChI=1S/C11H21N3/c1-11(2,3)14-7-9(6-13-4)5-10(12)8-14/h9-10H,5-8,12H2,1-3H3/t9-,10+/m0/s1. The van der Waals surface area contributed by atoms with Gasteiger partial charge in [0.1, 0.15) is 0 Å². The molecule has 0 aromatic rings. The van der Waals surface area contributed by atoms with Crippen LogP contribution in [0.5, 0.6) is 0 Å². The first kappa shape index (κ1) is 11.5. The van der Waals surface area contributed by atoms with E-state index in [4.69, 9.17) is 12.3 Å². The van der Waals surface area contributed by atoms with Gasteiger partial charge in [0.05, 0.1) is 0 Å². The lowest BCUT2D eigenvalue weighted by atomic mass is 9.91. The molecule has 0 amide bonds. The van der Waals surface area contributed by atoms with Gasteiger partial charge in [0.2, 0.25) is 6.54 Å². The molecule has 1 aliphatic heterocycles. The maximum absolute atomic E-state index is 6.89. The predicted molar refractivity (Wildman–Crippen MR) is 58.9 cm³/mol. The van der Waals surface area contributed by atoms with Crippen molar-refractivity contribution in [2.45, 2.75) is 38.8 Å². The molecule has 0 saturated carbocycles. The summed E-state index contributed by atoms with van der Waals surface area (Å²) in [6.45, 7) is 16.1. The third-order valence-electron chi connectivity index (χ3n) is 2.87.